The molecule has 0 bridgehead atoms. The summed E-state index contributed by atoms with van der Waals surface area (Å²) in [6.45, 7) is 3.74. The molecule has 1 aliphatic rings. The Labute approximate surface area is 283 Å². The fourth-order valence-electron chi connectivity index (χ4n) is 7.45. The molecule has 0 spiro atoms. The van der Waals surface area contributed by atoms with E-state index in [1.807, 2.05) is 13.8 Å². The average molecular weight is 641 g/mol. The van der Waals surface area contributed by atoms with Crippen LogP contribution in [0, 0.1) is 11.8 Å². The maximum Gasteiger partial charge on any atom is 0.0540 e. The average Bonchev–Trinajstić information content (AvgIpc) is 3.15. The molecule has 0 heterocycles. The minimum atomic E-state index is -0.167. The van der Waals surface area contributed by atoms with E-state index in [-0.39, 0.29) is 12.2 Å². The Hall–Kier alpha value is -4.32. The van der Waals surface area contributed by atoms with Gasteiger partial charge in [-0.25, -0.2) is 0 Å². The second-order valence-corrected chi connectivity index (χ2v) is 12.7. The molecule has 0 aromatic heterocycles. The summed E-state index contributed by atoms with van der Waals surface area (Å²) >= 11 is 0. The third kappa shape index (κ3) is 7.23. The summed E-state index contributed by atoms with van der Waals surface area (Å²) in [5.74, 6) is 0.944. The summed E-state index contributed by atoms with van der Waals surface area (Å²) in [7, 11) is 2.00. The topological polar surface area (TPSA) is 80.9 Å². The number of hydrogen-bond acceptors (Lipinski definition) is 4. The fraction of sp³-hybridized carbons (Fsp3) is 0.273. The molecule has 8 aromatic carbocycles. The van der Waals surface area contributed by atoms with Gasteiger partial charge in [0.25, 0.3) is 0 Å². The Morgan fingerprint density at radius 1 is 0.354 bits per heavy atom. The van der Waals surface area contributed by atoms with Crippen LogP contribution >= 0.6 is 0 Å². The quantitative estimate of drug-likeness (QED) is 0.142. The molecule has 2 atom stereocenters. The first kappa shape index (κ1) is 35.0. The lowest BCUT2D eigenvalue weighted by molar-refractivity contribution is 0.0483. The standard InChI is InChI=1S/2C16H10.C10H20O2.2CH4O/c2*1-3-11-7-9-13-5-2-6-14-10-8-12(4-1)15(11)16(13)14;1-7(11)9-3-5-10(6-4-9)8(2)12;2*1-2/h2*1-10H;7-12H,3-6H2,1-2H3;2*2H,1H3. The lowest BCUT2D eigenvalue weighted by Crippen LogP contribution is -2.27. The van der Waals surface area contributed by atoms with Gasteiger partial charge in [0.15, 0.2) is 0 Å². The zero-order valence-electron chi connectivity index (χ0n) is 28.5. The SMILES string of the molecule is CC(O)C1CCC(C(C)O)CC1.CO.CO.c1cc2ccc3cccc4ccc(c1)c2c34.c1cc2ccc3cccc4ccc(c1)c2c34. The summed E-state index contributed by atoms with van der Waals surface area (Å²) in [4.78, 5) is 0. The molecule has 9 rings (SSSR count). The largest absolute Gasteiger partial charge is 0.400 e. The third-order valence-corrected chi connectivity index (χ3v) is 9.97. The van der Waals surface area contributed by atoms with E-state index in [2.05, 4.69) is 121 Å². The van der Waals surface area contributed by atoms with Crippen LogP contribution in [0.15, 0.2) is 121 Å². The van der Waals surface area contributed by atoms with Crippen LogP contribution in [0.25, 0.3) is 64.6 Å². The van der Waals surface area contributed by atoms with E-state index in [4.69, 9.17) is 10.2 Å². The van der Waals surface area contributed by atoms with E-state index < -0.39 is 0 Å². The van der Waals surface area contributed by atoms with Crippen molar-refractivity contribution in [2.45, 2.75) is 51.7 Å². The van der Waals surface area contributed by atoms with Crippen molar-refractivity contribution in [3.8, 4) is 0 Å². The molecule has 1 aliphatic carbocycles. The van der Waals surface area contributed by atoms with Crippen molar-refractivity contribution in [3.05, 3.63) is 121 Å². The molecule has 4 nitrogen and oxygen atoms in total. The molecule has 0 amide bonds. The van der Waals surface area contributed by atoms with Gasteiger partial charge in [-0.15, -0.1) is 0 Å². The predicted octanol–water partition coefficient (Wildman–Crippen LogP) is 9.94. The van der Waals surface area contributed by atoms with Gasteiger partial charge >= 0.3 is 0 Å². The van der Waals surface area contributed by atoms with Crippen LogP contribution in [0.3, 0.4) is 0 Å². The maximum absolute atomic E-state index is 9.34. The van der Waals surface area contributed by atoms with Crippen LogP contribution in [-0.2, 0) is 0 Å². The van der Waals surface area contributed by atoms with E-state index in [0.717, 1.165) is 39.9 Å². The van der Waals surface area contributed by atoms with E-state index >= 15 is 0 Å². The second-order valence-electron chi connectivity index (χ2n) is 12.7. The highest BCUT2D eigenvalue weighted by atomic mass is 16.3. The molecule has 2 unspecified atom stereocenters. The number of aliphatic hydroxyl groups excluding tert-OH is 4. The molecular weight excluding hydrogens is 592 g/mol. The Balaban J connectivity index is 0.000000136. The summed E-state index contributed by atoms with van der Waals surface area (Å²) in [5, 5.41) is 49.0. The van der Waals surface area contributed by atoms with E-state index in [9.17, 15) is 10.2 Å². The smallest absolute Gasteiger partial charge is 0.0540 e. The second kappa shape index (κ2) is 16.2. The number of aliphatic hydroxyl groups is 4. The highest BCUT2D eigenvalue weighted by molar-refractivity contribution is 6.23. The van der Waals surface area contributed by atoms with Crippen molar-refractivity contribution in [1.29, 1.82) is 0 Å². The minimum Gasteiger partial charge on any atom is -0.400 e. The maximum atomic E-state index is 9.34. The van der Waals surface area contributed by atoms with Crippen molar-refractivity contribution < 1.29 is 20.4 Å². The lowest BCUT2D eigenvalue weighted by atomic mass is 9.78. The van der Waals surface area contributed by atoms with Crippen LogP contribution in [0.1, 0.15) is 39.5 Å². The van der Waals surface area contributed by atoms with Gasteiger partial charge in [0.1, 0.15) is 0 Å². The van der Waals surface area contributed by atoms with Gasteiger partial charge in [0.05, 0.1) is 12.2 Å². The summed E-state index contributed by atoms with van der Waals surface area (Å²) in [5.41, 5.74) is 0. The van der Waals surface area contributed by atoms with Crippen molar-refractivity contribution in [1.82, 2.24) is 0 Å². The molecule has 0 saturated heterocycles. The summed E-state index contributed by atoms with van der Waals surface area (Å²) in [6.07, 6.45) is 3.97. The Morgan fingerprint density at radius 2 is 0.521 bits per heavy atom. The van der Waals surface area contributed by atoms with Crippen molar-refractivity contribution in [2.24, 2.45) is 11.8 Å². The molecule has 0 aliphatic heterocycles. The Kier molecular flexibility index (Phi) is 11.8. The van der Waals surface area contributed by atoms with Crippen LogP contribution in [0.5, 0.6) is 0 Å². The van der Waals surface area contributed by atoms with Crippen LogP contribution in [0.2, 0.25) is 0 Å². The van der Waals surface area contributed by atoms with Gasteiger partial charge in [-0.1, -0.05) is 121 Å². The zero-order chi connectivity index (χ0) is 34.2. The monoisotopic (exact) mass is 640 g/mol. The van der Waals surface area contributed by atoms with Crippen LogP contribution in [-0.4, -0.2) is 46.9 Å². The van der Waals surface area contributed by atoms with Gasteiger partial charge < -0.3 is 20.4 Å². The summed E-state index contributed by atoms with van der Waals surface area (Å²) < 4.78 is 0. The van der Waals surface area contributed by atoms with Crippen molar-refractivity contribution in [3.63, 3.8) is 0 Å². The van der Waals surface area contributed by atoms with Crippen molar-refractivity contribution in [2.75, 3.05) is 14.2 Å². The Bertz CT molecular complexity index is 1740. The van der Waals surface area contributed by atoms with Gasteiger partial charge in [-0.3, -0.25) is 0 Å². The predicted molar refractivity (Wildman–Crippen MR) is 205 cm³/mol. The van der Waals surface area contributed by atoms with Gasteiger partial charge in [-0.2, -0.15) is 0 Å². The number of benzene rings is 8. The molecule has 48 heavy (non-hydrogen) atoms. The van der Waals surface area contributed by atoms with Gasteiger partial charge in [-0.05, 0) is 116 Å². The third-order valence-electron chi connectivity index (χ3n) is 9.97. The minimum absolute atomic E-state index is 0.167. The summed E-state index contributed by atoms with van der Waals surface area (Å²) in [6, 6.07) is 43.7. The van der Waals surface area contributed by atoms with Gasteiger partial charge in [0.2, 0.25) is 0 Å². The molecular formula is C44H48O4. The van der Waals surface area contributed by atoms with Crippen LogP contribution in [0.4, 0.5) is 0 Å². The first-order valence-corrected chi connectivity index (χ1v) is 17.0. The molecule has 1 saturated carbocycles. The molecule has 8 aromatic rings. The van der Waals surface area contributed by atoms with Crippen molar-refractivity contribution >= 4 is 64.6 Å². The normalized spacial score (nSPS) is 17.1. The zero-order valence-corrected chi connectivity index (χ0v) is 28.5. The fourth-order valence-corrected chi connectivity index (χ4v) is 7.45. The number of rotatable bonds is 2. The van der Waals surface area contributed by atoms with Crippen LogP contribution < -0.4 is 0 Å². The lowest BCUT2D eigenvalue weighted by Gasteiger charge is -2.31. The molecule has 1 fully saturated rings. The Morgan fingerprint density at radius 3 is 0.667 bits per heavy atom. The number of hydrogen-bond donors (Lipinski definition) is 4. The molecule has 4 N–H and O–H groups in total. The molecule has 248 valence electrons. The van der Waals surface area contributed by atoms with Gasteiger partial charge in [0, 0.05) is 14.2 Å². The first-order chi connectivity index (χ1) is 23.5. The van der Waals surface area contributed by atoms with E-state index in [1.165, 1.54) is 64.6 Å². The first-order valence-electron chi connectivity index (χ1n) is 17.0. The van der Waals surface area contributed by atoms with E-state index in [0.29, 0.717) is 11.8 Å². The highest BCUT2D eigenvalue weighted by Gasteiger charge is 2.26. The van der Waals surface area contributed by atoms with E-state index in [1.54, 1.807) is 0 Å². The molecule has 4 heteroatoms. The molecule has 0 radical (unpaired) electrons. The highest BCUT2D eigenvalue weighted by Crippen LogP contribution is 2.35.